The fourth-order valence-corrected chi connectivity index (χ4v) is 0.880. The molecular weight excluding hydrogens is 148 g/mol. The van der Waals surface area contributed by atoms with Gasteiger partial charge in [0.05, 0.1) is 5.76 Å². The summed E-state index contributed by atoms with van der Waals surface area (Å²) in [5, 5.41) is 9.61. The average molecular weight is 166 g/mol. The van der Waals surface area contributed by atoms with Gasteiger partial charge in [0.25, 0.3) is 0 Å². The summed E-state index contributed by atoms with van der Waals surface area (Å²) in [5.41, 5.74) is 0.921. The second kappa shape index (κ2) is 5.64. The Morgan fingerprint density at radius 2 is 2.17 bits per heavy atom. The Morgan fingerprint density at radius 3 is 2.58 bits per heavy atom. The lowest BCUT2D eigenvalue weighted by molar-refractivity contribution is 0.331. The molecule has 1 N–H and O–H groups in total. The van der Waals surface area contributed by atoms with Crippen LogP contribution in [0.4, 0.5) is 0 Å². The maximum absolute atomic E-state index is 9.61. The fourth-order valence-electron chi connectivity index (χ4n) is 0.880. The molecule has 0 aliphatic carbocycles. The first-order chi connectivity index (χ1) is 5.63. The monoisotopic (exact) mass is 166 g/mol. The molecule has 1 heteroatoms. The number of aliphatic hydroxyl groups excluding tert-OH is 1. The van der Waals surface area contributed by atoms with E-state index in [9.17, 15) is 5.11 Å². The molecule has 0 aliphatic rings. The van der Waals surface area contributed by atoms with Gasteiger partial charge in [-0.05, 0) is 18.9 Å². The Labute approximate surface area is 75.1 Å². The quantitative estimate of drug-likeness (QED) is 0.499. The van der Waals surface area contributed by atoms with Crippen molar-refractivity contribution in [2.75, 3.05) is 0 Å². The SMILES string of the molecule is C=C/C=C\C(C)=C(\O)C(C)CC. The molecule has 0 rings (SSSR count). The van der Waals surface area contributed by atoms with E-state index in [4.69, 9.17) is 0 Å². The first-order valence-corrected chi connectivity index (χ1v) is 4.32. The van der Waals surface area contributed by atoms with Crippen LogP contribution in [0.3, 0.4) is 0 Å². The number of hydrogen-bond donors (Lipinski definition) is 1. The van der Waals surface area contributed by atoms with Crippen LogP contribution in [0.15, 0.2) is 36.1 Å². The van der Waals surface area contributed by atoms with Crippen molar-refractivity contribution in [3.8, 4) is 0 Å². The number of rotatable bonds is 4. The van der Waals surface area contributed by atoms with Crippen LogP contribution >= 0.6 is 0 Å². The molecule has 0 fully saturated rings. The zero-order chi connectivity index (χ0) is 9.56. The van der Waals surface area contributed by atoms with E-state index >= 15 is 0 Å². The molecule has 0 radical (unpaired) electrons. The van der Waals surface area contributed by atoms with E-state index in [-0.39, 0.29) is 5.92 Å². The van der Waals surface area contributed by atoms with E-state index in [0.717, 1.165) is 12.0 Å². The van der Waals surface area contributed by atoms with Crippen molar-refractivity contribution in [1.82, 2.24) is 0 Å². The van der Waals surface area contributed by atoms with Crippen LogP contribution < -0.4 is 0 Å². The van der Waals surface area contributed by atoms with Crippen LogP contribution in [0.25, 0.3) is 0 Å². The molecule has 0 aliphatic heterocycles. The van der Waals surface area contributed by atoms with Crippen LogP contribution in [-0.4, -0.2) is 5.11 Å². The zero-order valence-electron chi connectivity index (χ0n) is 8.17. The van der Waals surface area contributed by atoms with Crippen molar-refractivity contribution < 1.29 is 5.11 Å². The minimum Gasteiger partial charge on any atom is -0.512 e. The summed E-state index contributed by atoms with van der Waals surface area (Å²) in [7, 11) is 0. The molecule has 1 unspecified atom stereocenters. The Kier molecular flexibility index (Phi) is 5.18. The molecule has 0 amide bonds. The highest BCUT2D eigenvalue weighted by atomic mass is 16.3. The minimum absolute atomic E-state index is 0.250. The van der Waals surface area contributed by atoms with Gasteiger partial charge in [-0.25, -0.2) is 0 Å². The van der Waals surface area contributed by atoms with Crippen molar-refractivity contribution in [3.05, 3.63) is 36.1 Å². The Morgan fingerprint density at radius 1 is 1.58 bits per heavy atom. The molecule has 0 saturated carbocycles. The van der Waals surface area contributed by atoms with Crippen molar-refractivity contribution in [2.45, 2.75) is 27.2 Å². The molecule has 0 bridgehead atoms. The molecule has 1 atom stereocenters. The Bertz CT molecular complexity index is 199. The molecule has 0 aromatic rings. The maximum atomic E-state index is 9.61. The lowest BCUT2D eigenvalue weighted by Crippen LogP contribution is -1.98. The predicted octanol–water partition coefficient (Wildman–Crippen LogP) is 3.61. The van der Waals surface area contributed by atoms with Crippen LogP contribution in [0.5, 0.6) is 0 Å². The second-order valence-corrected chi connectivity index (χ2v) is 2.97. The molecule has 0 aromatic carbocycles. The van der Waals surface area contributed by atoms with Gasteiger partial charge < -0.3 is 5.11 Å². The van der Waals surface area contributed by atoms with Gasteiger partial charge >= 0.3 is 0 Å². The molecule has 0 heterocycles. The number of hydrogen-bond acceptors (Lipinski definition) is 1. The molecule has 0 spiro atoms. The summed E-state index contributed by atoms with van der Waals surface area (Å²) in [6, 6.07) is 0. The summed E-state index contributed by atoms with van der Waals surface area (Å²) in [6.07, 6.45) is 6.36. The summed E-state index contributed by atoms with van der Waals surface area (Å²) in [4.78, 5) is 0. The molecule has 12 heavy (non-hydrogen) atoms. The third-order valence-electron chi connectivity index (χ3n) is 1.97. The van der Waals surface area contributed by atoms with Crippen molar-refractivity contribution in [2.24, 2.45) is 5.92 Å². The molecule has 1 nitrogen and oxygen atoms in total. The molecule has 0 aromatic heterocycles. The maximum Gasteiger partial charge on any atom is 0.0979 e. The van der Waals surface area contributed by atoms with E-state index in [1.165, 1.54) is 0 Å². The van der Waals surface area contributed by atoms with E-state index in [1.807, 2.05) is 26.0 Å². The fraction of sp³-hybridized carbons (Fsp3) is 0.455. The van der Waals surface area contributed by atoms with Gasteiger partial charge in [0.15, 0.2) is 0 Å². The van der Waals surface area contributed by atoms with Crippen molar-refractivity contribution >= 4 is 0 Å². The van der Waals surface area contributed by atoms with Gasteiger partial charge in [-0.3, -0.25) is 0 Å². The number of allylic oxidation sites excluding steroid dienone is 5. The van der Waals surface area contributed by atoms with Crippen molar-refractivity contribution in [1.29, 1.82) is 0 Å². The summed E-state index contributed by atoms with van der Waals surface area (Å²) in [5.74, 6) is 0.732. The van der Waals surface area contributed by atoms with Gasteiger partial charge in [0.1, 0.15) is 0 Å². The first kappa shape index (κ1) is 11.0. The zero-order valence-corrected chi connectivity index (χ0v) is 8.17. The second-order valence-electron chi connectivity index (χ2n) is 2.97. The van der Waals surface area contributed by atoms with E-state index < -0.39 is 0 Å². The first-order valence-electron chi connectivity index (χ1n) is 4.32. The van der Waals surface area contributed by atoms with Crippen LogP contribution in [0.2, 0.25) is 0 Å². The van der Waals surface area contributed by atoms with Gasteiger partial charge in [0.2, 0.25) is 0 Å². The van der Waals surface area contributed by atoms with Gasteiger partial charge in [-0.15, -0.1) is 0 Å². The van der Waals surface area contributed by atoms with E-state index in [2.05, 4.69) is 13.5 Å². The predicted molar refractivity (Wildman–Crippen MR) is 54.1 cm³/mol. The van der Waals surface area contributed by atoms with Crippen LogP contribution in [0, 0.1) is 5.92 Å². The highest BCUT2D eigenvalue weighted by Crippen LogP contribution is 2.15. The van der Waals surface area contributed by atoms with Gasteiger partial charge in [0, 0.05) is 5.92 Å². The summed E-state index contributed by atoms with van der Waals surface area (Å²) < 4.78 is 0. The largest absolute Gasteiger partial charge is 0.512 e. The van der Waals surface area contributed by atoms with Crippen LogP contribution in [-0.2, 0) is 0 Å². The minimum atomic E-state index is 0.250. The Balaban J connectivity index is 4.44. The number of aliphatic hydroxyl groups is 1. The normalized spacial score (nSPS) is 15.9. The highest BCUT2D eigenvalue weighted by molar-refractivity contribution is 5.23. The highest BCUT2D eigenvalue weighted by Gasteiger charge is 2.05. The molecule has 68 valence electrons. The third-order valence-corrected chi connectivity index (χ3v) is 1.97. The standard InChI is InChI=1S/C11H18O/c1-5-7-8-10(4)11(12)9(3)6-2/h5,7-9,12H,1,6H2,2-4H3/b8-7-,11-10+. The Hall–Kier alpha value is -0.980. The topological polar surface area (TPSA) is 20.2 Å². The van der Waals surface area contributed by atoms with Gasteiger partial charge in [-0.1, -0.05) is 38.7 Å². The smallest absolute Gasteiger partial charge is 0.0979 e. The lowest BCUT2D eigenvalue weighted by Gasteiger charge is -2.08. The van der Waals surface area contributed by atoms with Crippen molar-refractivity contribution in [3.63, 3.8) is 0 Å². The van der Waals surface area contributed by atoms with Gasteiger partial charge in [-0.2, -0.15) is 0 Å². The van der Waals surface area contributed by atoms with Crippen LogP contribution in [0.1, 0.15) is 27.2 Å². The summed E-state index contributed by atoms with van der Waals surface area (Å²) in [6.45, 7) is 9.55. The van der Waals surface area contributed by atoms with E-state index in [0.29, 0.717) is 5.76 Å². The third kappa shape index (κ3) is 3.42. The molecular formula is C11H18O. The van der Waals surface area contributed by atoms with E-state index in [1.54, 1.807) is 6.08 Å². The average Bonchev–Trinajstić information content (AvgIpc) is 2.11. The summed E-state index contributed by atoms with van der Waals surface area (Å²) >= 11 is 0. The molecule has 0 saturated heterocycles. The lowest BCUT2D eigenvalue weighted by atomic mass is 10.0.